The first-order valence-electron chi connectivity index (χ1n) is 11.4. The van der Waals surface area contributed by atoms with Crippen LogP contribution in [0.15, 0.2) is 65.8 Å². The molecule has 3 heterocycles. The second kappa shape index (κ2) is 10.0. The normalized spacial score (nSPS) is 15.5. The highest BCUT2D eigenvalue weighted by atomic mass is 32.2. The lowest BCUT2D eigenvalue weighted by molar-refractivity contribution is 0.0628. The molecule has 3 aromatic rings. The monoisotopic (exact) mass is 510 g/mol. The fourth-order valence-corrected chi connectivity index (χ4v) is 5.20. The fraction of sp³-hybridized carbons (Fsp3) is 0.280. The number of hydrogen-bond donors (Lipinski definition) is 1. The third-order valence-corrected chi connectivity index (χ3v) is 7.51. The lowest BCUT2D eigenvalue weighted by atomic mass is 10.1. The molecule has 0 radical (unpaired) electrons. The molecule has 0 atom stereocenters. The van der Waals surface area contributed by atoms with Crippen LogP contribution in [0.25, 0.3) is 0 Å². The summed E-state index contributed by atoms with van der Waals surface area (Å²) in [7, 11) is -2.33. The second-order valence-corrected chi connectivity index (χ2v) is 10.2. The molecule has 1 fully saturated rings. The number of nitrogens with one attached hydrogen (secondary N) is 1. The van der Waals surface area contributed by atoms with Gasteiger partial charge >= 0.3 is 0 Å². The standard InChI is InChI=1S/C25H26N4O6S/c1-33-21-3-5-22(6-4-21)36(31,32)27-20-13-19(14-26-15-20)25(30)29-10-8-28(9-11-29)16-18-2-7-23-24(12-18)35-17-34-23/h2-7,12-15,27H,8-11,16-17H2,1H3. The summed E-state index contributed by atoms with van der Waals surface area (Å²) in [5.74, 6) is 1.89. The Morgan fingerprint density at radius 3 is 2.50 bits per heavy atom. The van der Waals surface area contributed by atoms with E-state index >= 15 is 0 Å². The molecule has 2 aromatic carbocycles. The van der Waals surface area contributed by atoms with Crippen LogP contribution in [-0.2, 0) is 16.6 Å². The summed E-state index contributed by atoms with van der Waals surface area (Å²) in [5, 5.41) is 0. The third-order valence-electron chi connectivity index (χ3n) is 6.11. The topological polar surface area (TPSA) is 110 Å². The first kappa shape index (κ1) is 23.9. The predicted molar refractivity (Wildman–Crippen MR) is 132 cm³/mol. The van der Waals surface area contributed by atoms with Crippen molar-refractivity contribution in [2.75, 3.05) is 44.8 Å². The summed E-state index contributed by atoms with van der Waals surface area (Å²) in [6.07, 6.45) is 2.83. The van der Waals surface area contributed by atoms with Gasteiger partial charge in [-0.25, -0.2) is 8.42 Å². The molecule has 1 amide bonds. The zero-order chi connectivity index (χ0) is 25.1. The van der Waals surface area contributed by atoms with Crippen LogP contribution in [-0.4, -0.2) is 69.2 Å². The summed E-state index contributed by atoms with van der Waals surface area (Å²) in [6, 6.07) is 13.5. The Labute approximate surface area is 209 Å². The number of ether oxygens (including phenoxy) is 3. The number of amides is 1. The third kappa shape index (κ3) is 5.21. The lowest BCUT2D eigenvalue weighted by Gasteiger charge is -2.34. The van der Waals surface area contributed by atoms with Crippen molar-refractivity contribution in [2.45, 2.75) is 11.4 Å². The Bertz CT molecular complexity index is 1360. The van der Waals surface area contributed by atoms with E-state index in [1.165, 1.54) is 37.7 Å². The van der Waals surface area contributed by atoms with Crippen molar-refractivity contribution in [3.8, 4) is 17.2 Å². The van der Waals surface area contributed by atoms with Gasteiger partial charge in [0, 0.05) is 38.9 Å². The van der Waals surface area contributed by atoms with Gasteiger partial charge in [0.15, 0.2) is 11.5 Å². The molecule has 0 unspecified atom stereocenters. The fourth-order valence-electron chi connectivity index (χ4n) is 4.17. The van der Waals surface area contributed by atoms with Crippen LogP contribution in [0.5, 0.6) is 17.2 Å². The molecule has 188 valence electrons. The number of methoxy groups -OCH3 is 1. The number of nitrogens with zero attached hydrogens (tertiary/aromatic N) is 3. The van der Waals surface area contributed by atoms with Crippen LogP contribution in [0.2, 0.25) is 0 Å². The summed E-state index contributed by atoms with van der Waals surface area (Å²) in [5.41, 5.74) is 1.67. The van der Waals surface area contributed by atoms with Gasteiger partial charge in [-0.2, -0.15) is 0 Å². The van der Waals surface area contributed by atoms with Crippen LogP contribution < -0.4 is 18.9 Å². The van der Waals surface area contributed by atoms with E-state index in [1.807, 2.05) is 18.2 Å². The number of aromatic nitrogens is 1. The van der Waals surface area contributed by atoms with Gasteiger partial charge in [-0.1, -0.05) is 6.07 Å². The SMILES string of the molecule is COc1ccc(S(=O)(=O)Nc2cncc(C(=O)N3CCN(Cc4ccc5c(c4)OCO5)CC3)c2)cc1. The molecule has 2 aliphatic heterocycles. The molecule has 1 aromatic heterocycles. The number of anilines is 1. The number of sulfonamides is 1. The van der Waals surface area contributed by atoms with Gasteiger partial charge in [-0.3, -0.25) is 19.4 Å². The van der Waals surface area contributed by atoms with E-state index in [2.05, 4.69) is 14.6 Å². The van der Waals surface area contributed by atoms with E-state index in [9.17, 15) is 13.2 Å². The molecular formula is C25H26N4O6S. The first-order chi connectivity index (χ1) is 17.4. The molecule has 0 spiro atoms. The second-order valence-electron chi connectivity index (χ2n) is 8.50. The number of carbonyl (C=O) groups excluding carboxylic acids is 1. The van der Waals surface area contributed by atoms with Crippen LogP contribution in [0.3, 0.4) is 0 Å². The highest BCUT2D eigenvalue weighted by Gasteiger charge is 2.24. The average Bonchev–Trinajstić information content (AvgIpc) is 3.37. The van der Waals surface area contributed by atoms with E-state index in [-0.39, 0.29) is 23.3 Å². The highest BCUT2D eigenvalue weighted by Crippen LogP contribution is 2.33. The molecule has 0 bridgehead atoms. The Balaban J connectivity index is 1.19. The van der Waals surface area contributed by atoms with E-state index < -0.39 is 10.0 Å². The molecule has 11 heteroatoms. The van der Waals surface area contributed by atoms with Gasteiger partial charge in [0.25, 0.3) is 15.9 Å². The number of benzene rings is 2. The molecule has 1 N–H and O–H groups in total. The van der Waals surface area contributed by atoms with Crippen molar-refractivity contribution < 1.29 is 27.4 Å². The average molecular weight is 511 g/mol. The van der Waals surface area contributed by atoms with Crippen molar-refractivity contribution in [3.05, 3.63) is 72.1 Å². The summed E-state index contributed by atoms with van der Waals surface area (Å²) < 4.78 is 43.9. The predicted octanol–water partition coefficient (Wildman–Crippen LogP) is 2.58. The maximum absolute atomic E-state index is 13.1. The van der Waals surface area contributed by atoms with Crippen molar-refractivity contribution in [2.24, 2.45) is 0 Å². The Kier molecular flexibility index (Phi) is 6.66. The molecule has 36 heavy (non-hydrogen) atoms. The smallest absolute Gasteiger partial charge is 0.261 e. The number of carbonyl (C=O) groups is 1. The van der Waals surface area contributed by atoms with Crippen LogP contribution in [0.4, 0.5) is 5.69 Å². The quantitative estimate of drug-likeness (QED) is 0.517. The van der Waals surface area contributed by atoms with Gasteiger partial charge in [-0.15, -0.1) is 0 Å². The van der Waals surface area contributed by atoms with Crippen LogP contribution in [0.1, 0.15) is 15.9 Å². The maximum Gasteiger partial charge on any atom is 0.261 e. The van der Waals surface area contributed by atoms with Gasteiger partial charge in [0.2, 0.25) is 6.79 Å². The minimum absolute atomic E-state index is 0.0820. The van der Waals surface area contributed by atoms with Crippen molar-refractivity contribution in [3.63, 3.8) is 0 Å². The van der Waals surface area contributed by atoms with E-state index in [0.29, 0.717) is 24.4 Å². The van der Waals surface area contributed by atoms with Gasteiger partial charge in [0.05, 0.1) is 29.5 Å². The zero-order valence-electron chi connectivity index (χ0n) is 19.7. The number of piperazine rings is 1. The van der Waals surface area contributed by atoms with Crippen molar-refractivity contribution >= 4 is 21.6 Å². The van der Waals surface area contributed by atoms with Crippen LogP contribution >= 0.6 is 0 Å². The van der Waals surface area contributed by atoms with Gasteiger partial charge in [0.1, 0.15) is 5.75 Å². The van der Waals surface area contributed by atoms with Crippen molar-refractivity contribution in [1.82, 2.24) is 14.8 Å². The summed E-state index contributed by atoms with van der Waals surface area (Å²) in [6.45, 7) is 3.56. The minimum Gasteiger partial charge on any atom is -0.497 e. The molecule has 2 aliphatic rings. The van der Waals surface area contributed by atoms with E-state index in [4.69, 9.17) is 14.2 Å². The number of fused-ring (bicyclic) bond motifs is 1. The molecule has 0 saturated carbocycles. The molecule has 1 saturated heterocycles. The largest absolute Gasteiger partial charge is 0.497 e. The Morgan fingerprint density at radius 2 is 1.75 bits per heavy atom. The van der Waals surface area contributed by atoms with E-state index in [1.54, 1.807) is 17.0 Å². The Hall–Kier alpha value is -3.83. The van der Waals surface area contributed by atoms with Gasteiger partial charge in [-0.05, 0) is 48.0 Å². The molecule has 5 rings (SSSR count). The van der Waals surface area contributed by atoms with E-state index in [0.717, 1.165) is 36.7 Å². The highest BCUT2D eigenvalue weighted by molar-refractivity contribution is 7.92. The number of pyridine rings is 1. The van der Waals surface area contributed by atoms with Gasteiger partial charge < -0.3 is 19.1 Å². The number of rotatable bonds is 7. The maximum atomic E-state index is 13.1. The lowest BCUT2D eigenvalue weighted by Crippen LogP contribution is -2.48. The summed E-state index contributed by atoms with van der Waals surface area (Å²) >= 11 is 0. The van der Waals surface area contributed by atoms with Crippen LogP contribution in [0, 0.1) is 0 Å². The molecular weight excluding hydrogens is 484 g/mol. The Morgan fingerprint density at radius 1 is 1.00 bits per heavy atom. The molecule has 0 aliphatic carbocycles. The van der Waals surface area contributed by atoms with Crippen molar-refractivity contribution in [1.29, 1.82) is 0 Å². The first-order valence-corrected chi connectivity index (χ1v) is 12.9. The summed E-state index contributed by atoms with van der Waals surface area (Å²) in [4.78, 5) is 21.3. The zero-order valence-corrected chi connectivity index (χ0v) is 20.5. The number of hydrogen-bond acceptors (Lipinski definition) is 8. The molecule has 10 nitrogen and oxygen atoms in total. The minimum atomic E-state index is -3.84.